The number of sulfonamides is 1. The van der Waals surface area contributed by atoms with E-state index in [1.165, 1.54) is 26.1 Å². The third-order valence-corrected chi connectivity index (χ3v) is 7.36. The molecule has 0 bridgehead atoms. The first-order valence-corrected chi connectivity index (χ1v) is 12.5. The fraction of sp³-hybridized carbons (Fsp3) is 0.500. The first kappa shape index (κ1) is 23.5. The largest absolute Gasteiger partial charge is 0.355 e. The normalized spacial score (nSPS) is 23.1. The standard InChI is InChI=1S/C22H27F2N5O3S/c1-13-11-29(12-14(2)22(13,23)24)20-17(6-7-18(28-20)15-4-3-5-15)21(30)27-16-8-9-26-19(10-16)33(25,31)32/h6-10,13-15H,3-5,11-12H2,1-2H3,(H2,25,31,32)(H,26,27,30). The van der Waals surface area contributed by atoms with Crippen molar-refractivity contribution in [2.75, 3.05) is 23.3 Å². The minimum atomic E-state index is -4.04. The van der Waals surface area contributed by atoms with Crippen molar-refractivity contribution in [3.05, 3.63) is 41.7 Å². The van der Waals surface area contributed by atoms with E-state index in [1.807, 2.05) is 0 Å². The number of alkyl halides is 2. The number of aromatic nitrogens is 2. The summed E-state index contributed by atoms with van der Waals surface area (Å²) >= 11 is 0. The van der Waals surface area contributed by atoms with Gasteiger partial charge in [0.15, 0.2) is 5.03 Å². The zero-order chi connectivity index (χ0) is 24.0. The molecule has 2 aliphatic rings. The lowest BCUT2D eigenvalue weighted by Crippen LogP contribution is -2.52. The minimum absolute atomic E-state index is 0.0730. The Bertz CT molecular complexity index is 1160. The van der Waals surface area contributed by atoms with Gasteiger partial charge in [0.25, 0.3) is 21.9 Å². The summed E-state index contributed by atoms with van der Waals surface area (Å²) in [5.74, 6) is -4.45. The number of pyridine rings is 2. The molecular formula is C22H27F2N5O3S. The van der Waals surface area contributed by atoms with Crippen LogP contribution in [0.25, 0.3) is 0 Å². The molecule has 4 rings (SSSR count). The average molecular weight is 480 g/mol. The maximum Gasteiger partial charge on any atom is 0.259 e. The third-order valence-electron chi connectivity index (χ3n) is 6.55. The van der Waals surface area contributed by atoms with Crippen molar-refractivity contribution in [2.24, 2.45) is 17.0 Å². The summed E-state index contributed by atoms with van der Waals surface area (Å²) in [5, 5.41) is 7.40. The fourth-order valence-corrected chi connectivity index (χ4v) is 4.79. The van der Waals surface area contributed by atoms with Gasteiger partial charge in [-0.1, -0.05) is 20.3 Å². The molecule has 178 valence electrons. The Morgan fingerprint density at radius 3 is 2.42 bits per heavy atom. The molecule has 0 radical (unpaired) electrons. The maximum atomic E-state index is 14.4. The molecule has 2 atom stereocenters. The van der Waals surface area contributed by atoms with Crippen LogP contribution in [0.15, 0.2) is 35.5 Å². The Morgan fingerprint density at radius 2 is 1.85 bits per heavy atom. The number of hydrogen-bond donors (Lipinski definition) is 2. The van der Waals surface area contributed by atoms with E-state index in [9.17, 15) is 22.0 Å². The van der Waals surface area contributed by atoms with Gasteiger partial charge in [-0.15, -0.1) is 0 Å². The van der Waals surface area contributed by atoms with E-state index in [0.29, 0.717) is 11.7 Å². The van der Waals surface area contributed by atoms with Crippen molar-refractivity contribution in [1.29, 1.82) is 0 Å². The summed E-state index contributed by atoms with van der Waals surface area (Å²) in [6, 6.07) is 6.06. The molecule has 1 amide bonds. The number of nitrogens with zero attached hydrogens (tertiary/aromatic N) is 3. The number of rotatable bonds is 5. The van der Waals surface area contributed by atoms with Crippen LogP contribution in [-0.4, -0.2) is 43.3 Å². The highest BCUT2D eigenvalue weighted by Gasteiger charge is 2.47. The van der Waals surface area contributed by atoms with E-state index in [0.717, 1.165) is 31.0 Å². The molecule has 2 fully saturated rings. The third kappa shape index (κ3) is 4.70. The SMILES string of the molecule is CC1CN(c2nc(C3CCC3)ccc2C(=O)Nc2ccnc(S(N)(=O)=O)c2)CC(C)C1(F)F. The summed E-state index contributed by atoms with van der Waals surface area (Å²) in [5.41, 5.74) is 1.28. The second kappa shape index (κ2) is 8.60. The number of amides is 1. The van der Waals surface area contributed by atoms with Crippen LogP contribution in [0.2, 0.25) is 0 Å². The Balaban J connectivity index is 1.67. The Kier molecular flexibility index (Phi) is 6.12. The van der Waals surface area contributed by atoms with Gasteiger partial charge in [0.1, 0.15) is 5.82 Å². The second-order valence-electron chi connectivity index (χ2n) is 9.00. The van der Waals surface area contributed by atoms with E-state index in [4.69, 9.17) is 10.1 Å². The zero-order valence-corrected chi connectivity index (χ0v) is 19.3. The lowest BCUT2D eigenvalue weighted by molar-refractivity contribution is -0.105. The van der Waals surface area contributed by atoms with Gasteiger partial charge in [-0.25, -0.2) is 32.3 Å². The summed E-state index contributed by atoms with van der Waals surface area (Å²) in [4.78, 5) is 23.4. The van der Waals surface area contributed by atoms with Crippen LogP contribution in [0, 0.1) is 11.8 Å². The average Bonchev–Trinajstić information content (AvgIpc) is 2.70. The number of anilines is 2. The molecule has 33 heavy (non-hydrogen) atoms. The highest BCUT2D eigenvalue weighted by atomic mass is 32.2. The highest BCUT2D eigenvalue weighted by Crippen LogP contribution is 2.41. The summed E-state index contributed by atoms with van der Waals surface area (Å²) in [6.45, 7) is 3.15. The molecule has 2 unspecified atom stereocenters. The van der Waals surface area contributed by atoms with Gasteiger partial charge in [0.2, 0.25) is 0 Å². The van der Waals surface area contributed by atoms with Crippen LogP contribution in [0.4, 0.5) is 20.3 Å². The number of nitrogens with two attached hydrogens (primary N) is 1. The molecule has 2 aromatic heterocycles. The monoisotopic (exact) mass is 479 g/mol. The van der Waals surface area contributed by atoms with Crippen molar-refractivity contribution < 1.29 is 22.0 Å². The molecule has 3 heterocycles. The van der Waals surface area contributed by atoms with Gasteiger partial charge in [-0.05, 0) is 31.0 Å². The lowest BCUT2D eigenvalue weighted by atomic mass is 9.82. The van der Waals surface area contributed by atoms with Crippen LogP contribution >= 0.6 is 0 Å². The molecule has 3 N–H and O–H groups in total. The Labute approximate surface area is 191 Å². The van der Waals surface area contributed by atoms with Gasteiger partial charge in [0, 0.05) is 54.5 Å². The molecule has 1 aliphatic carbocycles. The predicted octanol–water partition coefficient (Wildman–Crippen LogP) is 3.37. The summed E-state index contributed by atoms with van der Waals surface area (Å²) in [6.07, 6.45) is 4.36. The van der Waals surface area contributed by atoms with Crippen LogP contribution in [0.1, 0.15) is 55.1 Å². The van der Waals surface area contributed by atoms with E-state index in [-0.39, 0.29) is 29.4 Å². The van der Waals surface area contributed by atoms with Crippen molar-refractivity contribution in [3.63, 3.8) is 0 Å². The molecular weight excluding hydrogens is 452 g/mol. The molecule has 2 aromatic rings. The number of hydrogen-bond acceptors (Lipinski definition) is 6. The quantitative estimate of drug-likeness (QED) is 0.679. The zero-order valence-electron chi connectivity index (χ0n) is 18.5. The number of carbonyl (C=O) groups is 1. The smallest absolute Gasteiger partial charge is 0.259 e. The molecule has 8 nitrogen and oxygen atoms in total. The number of nitrogens with one attached hydrogen (secondary N) is 1. The van der Waals surface area contributed by atoms with Gasteiger partial charge in [0.05, 0.1) is 5.56 Å². The van der Waals surface area contributed by atoms with Crippen LogP contribution in [0.5, 0.6) is 0 Å². The maximum absolute atomic E-state index is 14.4. The van der Waals surface area contributed by atoms with Crippen molar-refractivity contribution in [2.45, 2.75) is 50.0 Å². The van der Waals surface area contributed by atoms with Crippen LogP contribution in [0.3, 0.4) is 0 Å². The molecule has 11 heteroatoms. The first-order valence-electron chi connectivity index (χ1n) is 10.9. The summed E-state index contributed by atoms with van der Waals surface area (Å²) < 4.78 is 52.0. The number of halogens is 2. The van der Waals surface area contributed by atoms with Crippen molar-refractivity contribution in [1.82, 2.24) is 9.97 Å². The lowest BCUT2D eigenvalue weighted by Gasteiger charge is -2.42. The first-order chi connectivity index (χ1) is 15.5. The van der Waals surface area contributed by atoms with Crippen molar-refractivity contribution >= 4 is 27.4 Å². The minimum Gasteiger partial charge on any atom is -0.355 e. The van der Waals surface area contributed by atoms with Gasteiger partial charge < -0.3 is 10.2 Å². The van der Waals surface area contributed by atoms with E-state index in [1.54, 1.807) is 17.0 Å². The van der Waals surface area contributed by atoms with Gasteiger partial charge >= 0.3 is 0 Å². The number of piperidine rings is 1. The number of primary sulfonamides is 1. The van der Waals surface area contributed by atoms with Crippen LogP contribution < -0.4 is 15.4 Å². The topological polar surface area (TPSA) is 118 Å². The molecule has 1 aliphatic heterocycles. The van der Waals surface area contributed by atoms with E-state index >= 15 is 0 Å². The van der Waals surface area contributed by atoms with Gasteiger partial charge in [-0.3, -0.25) is 4.79 Å². The second-order valence-corrected chi connectivity index (χ2v) is 10.5. The molecule has 1 saturated carbocycles. The van der Waals surface area contributed by atoms with Crippen LogP contribution in [-0.2, 0) is 10.0 Å². The molecule has 1 saturated heterocycles. The van der Waals surface area contributed by atoms with Gasteiger partial charge in [-0.2, -0.15) is 0 Å². The Morgan fingerprint density at radius 1 is 1.18 bits per heavy atom. The highest BCUT2D eigenvalue weighted by molar-refractivity contribution is 7.89. The summed E-state index contributed by atoms with van der Waals surface area (Å²) in [7, 11) is -4.04. The number of carbonyl (C=O) groups excluding carboxylic acids is 1. The predicted molar refractivity (Wildman–Crippen MR) is 120 cm³/mol. The van der Waals surface area contributed by atoms with E-state index < -0.39 is 33.7 Å². The van der Waals surface area contributed by atoms with Crippen molar-refractivity contribution in [3.8, 4) is 0 Å². The fourth-order valence-electron chi connectivity index (χ4n) is 4.29. The molecule has 0 spiro atoms. The van der Waals surface area contributed by atoms with E-state index in [2.05, 4.69) is 10.3 Å². The molecule has 0 aromatic carbocycles. The Hall–Kier alpha value is -2.66.